The number of ether oxygens (including phenoxy) is 3. The number of hydrogen-bond donors (Lipinski definition) is 1. The zero-order valence-electron chi connectivity index (χ0n) is 22.5. The predicted molar refractivity (Wildman–Crippen MR) is 127 cm³/mol. The summed E-state index contributed by atoms with van der Waals surface area (Å²) in [7, 11) is 1.27. The Morgan fingerprint density at radius 2 is 1.78 bits per heavy atom. The molecule has 0 aromatic rings. The smallest absolute Gasteiger partial charge is 0.321 e. The summed E-state index contributed by atoms with van der Waals surface area (Å²) in [6.07, 6.45) is 1.37. The zero-order chi connectivity index (χ0) is 26.8. The molecule has 10 atom stereocenters. The number of aliphatic hydroxyl groups excluding tert-OH is 1. The van der Waals surface area contributed by atoms with E-state index < -0.39 is 63.1 Å². The maximum atomic E-state index is 14.1. The summed E-state index contributed by atoms with van der Waals surface area (Å²) in [5.74, 6) is -3.28. The summed E-state index contributed by atoms with van der Waals surface area (Å²) in [6.45, 7) is 12.5. The number of aliphatic hydroxyl groups is 1. The SMILES string of the molecule is COC(=O)C12C(=O)C(C)C(=O)C1(C)C(C)=CC1C34CCC(OC(C)=O)C(C)(C)C3C(CC12C)OC4O. The van der Waals surface area contributed by atoms with Gasteiger partial charge in [0.15, 0.2) is 17.9 Å². The molecule has 1 saturated heterocycles. The fourth-order valence-corrected chi connectivity index (χ4v) is 9.98. The molecule has 10 unspecified atom stereocenters. The van der Waals surface area contributed by atoms with Crippen molar-refractivity contribution in [2.75, 3.05) is 7.11 Å². The topological polar surface area (TPSA) is 116 Å². The Labute approximate surface area is 212 Å². The third-order valence-corrected chi connectivity index (χ3v) is 11.3. The molecule has 0 spiro atoms. The zero-order valence-corrected chi connectivity index (χ0v) is 22.5. The first-order chi connectivity index (χ1) is 16.6. The van der Waals surface area contributed by atoms with Gasteiger partial charge in [0.2, 0.25) is 0 Å². The minimum absolute atomic E-state index is 0.191. The van der Waals surface area contributed by atoms with E-state index >= 15 is 0 Å². The number of carbonyl (C=O) groups is 4. The fourth-order valence-electron chi connectivity index (χ4n) is 9.98. The van der Waals surface area contributed by atoms with Crippen LogP contribution >= 0.6 is 0 Å². The molecule has 1 heterocycles. The predicted octanol–water partition coefficient (Wildman–Crippen LogP) is 3.00. The number of methoxy groups -OCH3 is 1. The lowest BCUT2D eigenvalue weighted by Gasteiger charge is -2.67. The molecule has 36 heavy (non-hydrogen) atoms. The fraction of sp³-hybridized carbons (Fsp3) is 0.786. The Morgan fingerprint density at radius 1 is 1.14 bits per heavy atom. The molecule has 5 rings (SSSR count). The van der Waals surface area contributed by atoms with Gasteiger partial charge in [0.05, 0.1) is 24.5 Å². The van der Waals surface area contributed by atoms with Crippen molar-refractivity contribution in [3.05, 3.63) is 11.6 Å². The van der Waals surface area contributed by atoms with Gasteiger partial charge in [-0.3, -0.25) is 19.2 Å². The molecular formula is C28H38O8. The molecule has 1 aliphatic heterocycles. The summed E-state index contributed by atoms with van der Waals surface area (Å²) in [5.41, 5.74) is -4.80. The number of hydrogen-bond acceptors (Lipinski definition) is 8. The average molecular weight is 503 g/mol. The van der Waals surface area contributed by atoms with Crippen molar-refractivity contribution in [1.82, 2.24) is 0 Å². The van der Waals surface area contributed by atoms with Crippen LogP contribution in [0, 0.1) is 44.8 Å². The quantitative estimate of drug-likeness (QED) is 0.348. The van der Waals surface area contributed by atoms with Gasteiger partial charge in [0.1, 0.15) is 11.5 Å². The van der Waals surface area contributed by atoms with Gasteiger partial charge in [-0.25, -0.2) is 0 Å². The lowest BCUT2D eigenvalue weighted by Crippen LogP contribution is -2.71. The van der Waals surface area contributed by atoms with Crippen LogP contribution in [0.3, 0.4) is 0 Å². The van der Waals surface area contributed by atoms with Crippen LogP contribution in [0.1, 0.15) is 67.7 Å². The Bertz CT molecular complexity index is 1110. The monoisotopic (exact) mass is 502 g/mol. The van der Waals surface area contributed by atoms with Crippen LogP contribution in [-0.4, -0.2) is 54.2 Å². The van der Waals surface area contributed by atoms with E-state index in [1.807, 2.05) is 33.8 Å². The molecule has 4 aliphatic carbocycles. The van der Waals surface area contributed by atoms with Gasteiger partial charge in [-0.05, 0) is 46.0 Å². The molecule has 8 heteroatoms. The third kappa shape index (κ3) is 2.40. The summed E-state index contributed by atoms with van der Waals surface area (Å²) < 4.78 is 17.3. The van der Waals surface area contributed by atoms with Gasteiger partial charge < -0.3 is 19.3 Å². The first-order valence-electron chi connectivity index (χ1n) is 13.0. The van der Waals surface area contributed by atoms with Gasteiger partial charge in [0, 0.05) is 29.1 Å². The maximum Gasteiger partial charge on any atom is 0.321 e. The van der Waals surface area contributed by atoms with E-state index in [9.17, 15) is 24.3 Å². The largest absolute Gasteiger partial charge is 0.468 e. The molecule has 4 fully saturated rings. The van der Waals surface area contributed by atoms with Crippen LogP contribution in [0.25, 0.3) is 0 Å². The molecule has 1 N–H and O–H groups in total. The Kier molecular flexibility index (Phi) is 5.17. The minimum Gasteiger partial charge on any atom is -0.468 e. The van der Waals surface area contributed by atoms with E-state index in [1.54, 1.807) is 13.8 Å². The minimum atomic E-state index is -1.73. The van der Waals surface area contributed by atoms with Crippen molar-refractivity contribution >= 4 is 23.5 Å². The number of carbonyl (C=O) groups excluding carboxylic acids is 4. The molecule has 0 aromatic carbocycles. The van der Waals surface area contributed by atoms with Crippen molar-refractivity contribution in [3.8, 4) is 0 Å². The van der Waals surface area contributed by atoms with Gasteiger partial charge in [-0.1, -0.05) is 32.4 Å². The lowest BCUT2D eigenvalue weighted by atomic mass is 9.33. The summed E-state index contributed by atoms with van der Waals surface area (Å²) in [5, 5.41) is 11.6. The highest BCUT2D eigenvalue weighted by Crippen LogP contribution is 2.79. The Morgan fingerprint density at radius 3 is 2.36 bits per heavy atom. The number of ketones is 2. The number of rotatable bonds is 2. The normalized spacial score (nSPS) is 50.5. The first-order valence-corrected chi connectivity index (χ1v) is 13.0. The van der Waals surface area contributed by atoms with E-state index in [0.29, 0.717) is 18.4 Å². The van der Waals surface area contributed by atoms with Crippen molar-refractivity contribution in [2.24, 2.45) is 44.8 Å². The van der Waals surface area contributed by atoms with Crippen LogP contribution in [0.4, 0.5) is 0 Å². The van der Waals surface area contributed by atoms with E-state index in [4.69, 9.17) is 14.2 Å². The highest BCUT2D eigenvalue weighted by Gasteiger charge is 2.85. The lowest BCUT2D eigenvalue weighted by molar-refractivity contribution is -0.226. The second-order valence-corrected chi connectivity index (χ2v) is 12.8. The third-order valence-electron chi connectivity index (χ3n) is 11.3. The molecule has 0 radical (unpaired) electrons. The molecule has 0 amide bonds. The van der Waals surface area contributed by atoms with Gasteiger partial charge in [-0.2, -0.15) is 0 Å². The van der Waals surface area contributed by atoms with Gasteiger partial charge >= 0.3 is 11.9 Å². The Balaban J connectivity index is 1.78. The van der Waals surface area contributed by atoms with Crippen LogP contribution in [-0.2, 0) is 33.4 Å². The summed E-state index contributed by atoms with van der Waals surface area (Å²) >= 11 is 0. The van der Waals surface area contributed by atoms with E-state index in [2.05, 4.69) is 0 Å². The summed E-state index contributed by atoms with van der Waals surface area (Å²) in [4.78, 5) is 53.6. The average Bonchev–Trinajstić information content (AvgIpc) is 3.12. The van der Waals surface area contributed by atoms with Gasteiger partial charge in [0.25, 0.3) is 0 Å². The van der Waals surface area contributed by atoms with E-state index in [-0.39, 0.29) is 30.2 Å². The van der Waals surface area contributed by atoms with Crippen molar-refractivity contribution in [1.29, 1.82) is 0 Å². The number of fused-ring (bicyclic) bond motifs is 3. The number of allylic oxidation sites excluding steroid dienone is 2. The Hall–Kier alpha value is -2.06. The van der Waals surface area contributed by atoms with Crippen LogP contribution in [0.15, 0.2) is 11.6 Å². The molecular weight excluding hydrogens is 464 g/mol. The van der Waals surface area contributed by atoms with E-state index in [0.717, 1.165) is 0 Å². The molecule has 5 aliphatic rings. The van der Waals surface area contributed by atoms with Crippen molar-refractivity contribution in [3.63, 3.8) is 0 Å². The second kappa shape index (κ2) is 7.28. The number of esters is 2. The van der Waals surface area contributed by atoms with E-state index in [1.165, 1.54) is 14.0 Å². The van der Waals surface area contributed by atoms with Crippen molar-refractivity contribution < 1.29 is 38.5 Å². The second-order valence-electron chi connectivity index (χ2n) is 12.8. The van der Waals surface area contributed by atoms with Crippen LogP contribution in [0.2, 0.25) is 0 Å². The first kappa shape index (κ1) is 25.6. The molecule has 8 nitrogen and oxygen atoms in total. The van der Waals surface area contributed by atoms with Gasteiger partial charge in [-0.15, -0.1) is 0 Å². The molecule has 198 valence electrons. The summed E-state index contributed by atoms with van der Waals surface area (Å²) in [6, 6.07) is 0. The molecule has 3 saturated carbocycles. The molecule has 0 aromatic heterocycles. The highest BCUT2D eigenvalue weighted by molar-refractivity contribution is 6.25. The standard InChI is InChI=1S/C28H38O8/c1-13-11-17-25(6,28(23(33)34-8)21(31)14(2)20(30)26(13,28)7)12-16-19-24(4,5)18(35-15(3)29)9-10-27(17,19)22(32)36-16/h11,14,16-19,22,32H,9-10,12H2,1-8H3. The van der Waals surface area contributed by atoms with Crippen LogP contribution < -0.4 is 0 Å². The highest BCUT2D eigenvalue weighted by atomic mass is 16.6. The maximum absolute atomic E-state index is 14.1. The van der Waals surface area contributed by atoms with Crippen LogP contribution in [0.5, 0.6) is 0 Å². The van der Waals surface area contributed by atoms with Crippen molar-refractivity contribution in [2.45, 2.75) is 86.2 Å². The number of Topliss-reactive ketones (excluding diaryl/α,β-unsaturated/α-hetero) is 2. The molecule has 2 bridgehead atoms.